The van der Waals surface area contributed by atoms with Gasteiger partial charge in [0.1, 0.15) is 5.84 Å². The maximum absolute atomic E-state index is 8.55. The minimum atomic E-state index is 0.330. The Labute approximate surface area is 92.1 Å². The fourth-order valence-corrected chi connectivity index (χ4v) is 1.98. The second-order valence-electron chi connectivity index (χ2n) is 4.97. The van der Waals surface area contributed by atoms with Gasteiger partial charge < -0.3 is 10.9 Å². The molecule has 1 aliphatic carbocycles. The standard InChI is InChI=1S/C11H23N3O/c1-8(2)7-14(10-4-5-10)9(3)6-11(12)13-15/h8-10,15H,4-7H2,1-3H3,(H2,12,13). The van der Waals surface area contributed by atoms with Crippen molar-refractivity contribution in [1.29, 1.82) is 0 Å². The second kappa shape index (κ2) is 5.35. The van der Waals surface area contributed by atoms with Crippen molar-refractivity contribution in [3.05, 3.63) is 0 Å². The molecule has 1 unspecified atom stereocenters. The molecule has 0 saturated heterocycles. The van der Waals surface area contributed by atoms with Crippen molar-refractivity contribution in [3.63, 3.8) is 0 Å². The van der Waals surface area contributed by atoms with E-state index in [1.165, 1.54) is 12.8 Å². The van der Waals surface area contributed by atoms with Gasteiger partial charge in [-0.2, -0.15) is 0 Å². The van der Waals surface area contributed by atoms with Gasteiger partial charge in [0.2, 0.25) is 0 Å². The van der Waals surface area contributed by atoms with E-state index in [2.05, 4.69) is 30.8 Å². The summed E-state index contributed by atoms with van der Waals surface area (Å²) in [5.74, 6) is 0.997. The van der Waals surface area contributed by atoms with Gasteiger partial charge in [-0.15, -0.1) is 0 Å². The summed E-state index contributed by atoms with van der Waals surface area (Å²) in [6.45, 7) is 7.71. The highest BCUT2D eigenvalue weighted by Gasteiger charge is 2.32. The van der Waals surface area contributed by atoms with Crippen LogP contribution in [0.15, 0.2) is 5.16 Å². The molecule has 0 bridgehead atoms. The molecule has 1 fully saturated rings. The average Bonchev–Trinajstić information content (AvgIpc) is 2.96. The van der Waals surface area contributed by atoms with E-state index in [0.29, 0.717) is 24.2 Å². The van der Waals surface area contributed by atoms with Crippen molar-refractivity contribution >= 4 is 5.84 Å². The van der Waals surface area contributed by atoms with Gasteiger partial charge in [0.15, 0.2) is 0 Å². The average molecular weight is 213 g/mol. The van der Waals surface area contributed by atoms with Crippen LogP contribution in [0.5, 0.6) is 0 Å². The summed E-state index contributed by atoms with van der Waals surface area (Å²) in [6, 6.07) is 1.10. The predicted molar refractivity (Wildman–Crippen MR) is 62.1 cm³/mol. The van der Waals surface area contributed by atoms with E-state index in [-0.39, 0.29) is 0 Å². The molecule has 1 saturated carbocycles. The zero-order valence-corrected chi connectivity index (χ0v) is 9.98. The Morgan fingerprint density at radius 1 is 1.47 bits per heavy atom. The number of hydrogen-bond donors (Lipinski definition) is 2. The fourth-order valence-electron chi connectivity index (χ4n) is 1.98. The quantitative estimate of drug-likeness (QED) is 0.305. The van der Waals surface area contributed by atoms with Crippen LogP contribution in [0.3, 0.4) is 0 Å². The molecule has 15 heavy (non-hydrogen) atoms. The van der Waals surface area contributed by atoms with Crippen molar-refractivity contribution in [2.24, 2.45) is 16.8 Å². The van der Waals surface area contributed by atoms with E-state index >= 15 is 0 Å². The first-order valence-electron chi connectivity index (χ1n) is 5.76. The van der Waals surface area contributed by atoms with Crippen LogP contribution in [0.4, 0.5) is 0 Å². The van der Waals surface area contributed by atoms with E-state index in [9.17, 15) is 0 Å². The van der Waals surface area contributed by atoms with E-state index in [1.807, 2.05) is 0 Å². The van der Waals surface area contributed by atoms with Crippen LogP contribution >= 0.6 is 0 Å². The van der Waals surface area contributed by atoms with E-state index < -0.39 is 0 Å². The number of hydrogen-bond acceptors (Lipinski definition) is 3. The van der Waals surface area contributed by atoms with Gasteiger partial charge in [-0.25, -0.2) is 0 Å². The Balaban J connectivity index is 2.47. The molecule has 4 nitrogen and oxygen atoms in total. The van der Waals surface area contributed by atoms with Crippen LogP contribution < -0.4 is 5.73 Å². The first-order chi connectivity index (χ1) is 7.04. The Morgan fingerprint density at radius 2 is 2.07 bits per heavy atom. The number of nitrogens with two attached hydrogens (primary N) is 1. The van der Waals surface area contributed by atoms with Crippen LogP contribution in [0.1, 0.15) is 40.0 Å². The Morgan fingerprint density at radius 3 is 2.47 bits per heavy atom. The van der Waals surface area contributed by atoms with Gasteiger partial charge in [-0.05, 0) is 25.7 Å². The van der Waals surface area contributed by atoms with Crippen molar-refractivity contribution < 1.29 is 5.21 Å². The van der Waals surface area contributed by atoms with Gasteiger partial charge in [0.25, 0.3) is 0 Å². The van der Waals surface area contributed by atoms with Gasteiger partial charge in [0, 0.05) is 25.0 Å². The lowest BCUT2D eigenvalue weighted by Gasteiger charge is -2.30. The van der Waals surface area contributed by atoms with Crippen LogP contribution in [0.2, 0.25) is 0 Å². The molecular formula is C11H23N3O. The van der Waals surface area contributed by atoms with Crippen molar-refractivity contribution in [2.45, 2.75) is 52.1 Å². The molecule has 0 spiro atoms. The third-order valence-corrected chi connectivity index (χ3v) is 2.79. The highest BCUT2D eigenvalue weighted by atomic mass is 16.4. The second-order valence-corrected chi connectivity index (χ2v) is 4.97. The highest BCUT2D eigenvalue weighted by Crippen LogP contribution is 2.30. The van der Waals surface area contributed by atoms with Gasteiger partial charge in [-0.3, -0.25) is 4.90 Å². The molecule has 3 N–H and O–H groups in total. The monoisotopic (exact) mass is 213 g/mol. The topological polar surface area (TPSA) is 61.8 Å². The first kappa shape index (κ1) is 12.3. The summed E-state index contributed by atoms with van der Waals surface area (Å²) in [5.41, 5.74) is 5.54. The fraction of sp³-hybridized carbons (Fsp3) is 0.909. The van der Waals surface area contributed by atoms with Crippen LogP contribution in [-0.2, 0) is 0 Å². The SMILES string of the molecule is CC(C)CN(C(C)CC(N)=NO)C1CC1. The third kappa shape index (κ3) is 4.08. The van der Waals surface area contributed by atoms with Crippen molar-refractivity contribution in [1.82, 2.24) is 4.90 Å². The third-order valence-electron chi connectivity index (χ3n) is 2.79. The Kier molecular flexibility index (Phi) is 4.39. The van der Waals surface area contributed by atoms with Gasteiger partial charge >= 0.3 is 0 Å². The van der Waals surface area contributed by atoms with E-state index in [0.717, 1.165) is 12.6 Å². The maximum atomic E-state index is 8.55. The van der Waals surface area contributed by atoms with Crippen molar-refractivity contribution in [3.8, 4) is 0 Å². The molecule has 1 atom stereocenters. The van der Waals surface area contributed by atoms with Gasteiger partial charge in [-0.1, -0.05) is 19.0 Å². The molecule has 0 heterocycles. The molecule has 4 heteroatoms. The van der Waals surface area contributed by atoms with E-state index in [1.54, 1.807) is 0 Å². The van der Waals surface area contributed by atoms with Crippen LogP contribution in [0, 0.1) is 5.92 Å². The molecule has 0 radical (unpaired) electrons. The van der Waals surface area contributed by atoms with Crippen molar-refractivity contribution in [2.75, 3.05) is 6.54 Å². The summed E-state index contributed by atoms with van der Waals surface area (Å²) in [6.07, 6.45) is 3.25. The highest BCUT2D eigenvalue weighted by molar-refractivity contribution is 5.80. The minimum absolute atomic E-state index is 0.330. The Bertz CT molecular complexity index is 224. The lowest BCUT2D eigenvalue weighted by Crippen LogP contribution is -2.40. The molecule has 0 aromatic rings. The van der Waals surface area contributed by atoms with Crippen LogP contribution in [0.25, 0.3) is 0 Å². The summed E-state index contributed by atoms with van der Waals surface area (Å²) in [7, 11) is 0. The lowest BCUT2D eigenvalue weighted by molar-refractivity contribution is 0.179. The molecule has 0 aliphatic heterocycles. The zero-order valence-electron chi connectivity index (χ0n) is 9.98. The molecule has 1 rings (SSSR count). The van der Waals surface area contributed by atoms with Gasteiger partial charge in [0.05, 0.1) is 0 Å². The summed E-state index contributed by atoms with van der Waals surface area (Å²) in [5, 5.41) is 11.6. The number of amidine groups is 1. The normalized spacial score (nSPS) is 19.9. The van der Waals surface area contributed by atoms with E-state index in [4.69, 9.17) is 10.9 Å². The molecule has 1 aliphatic rings. The molecular weight excluding hydrogens is 190 g/mol. The summed E-state index contributed by atoms with van der Waals surface area (Å²) in [4.78, 5) is 2.49. The number of rotatable bonds is 6. The Hall–Kier alpha value is -0.770. The summed E-state index contributed by atoms with van der Waals surface area (Å²) >= 11 is 0. The summed E-state index contributed by atoms with van der Waals surface area (Å²) < 4.78 is 0. The van der Waals surface area contributed by atoms with Crippen LogP contribution in [-0.4, -0.2) is 34.6 Å². The molecule has 0 aromatic heterocycles. The smallest absolute Gasteiger partial charge is 0.140 e. The molecule has 0 amide bonds. The molecule has 0 aromatic carbocycles. The predicted octanol–water partition coefficient (Wildman–Crippen LogP) is 1.63. The largest absolute Gasteiger partial charge is 0.409 e. The minimum Gasteiger partial charge on any atom is -0.409 e. The maximum Gasteiger partial charge on any atom is 0.140 e. The zero-order chi connectivity index (χ0) is 11.4. The number of oxime groups is 1. The number of nitrogens with zero attached hydrogens (tertiary/aromatic N) is 2. The first-order valence-corrected chi connectivity index (χ1v) is 5.76. The lowest BCUT2D eigenvalue weighted by atomic mass is 10.1. The molecule has 88 valence electrons.